The summed E-state index contributed by atoms with van der Waals surface area (Å²) in [4.78, 5) is 31.7. The Labute approximate surface area is 168 Å². The molecule has 6 nitrogen and oxygen atoms in total. The van der Waals surface area contributed by atoms with Crippen molar-refractivity contribution in [1.82, 2.24) is 15.2 Å². The number of piperidine rings is 1. The van der Waals surface area contributed by atoms with Gasteiger partial charge < -0.3 is 15.0 Å². The second-order valence-corrected chi connectivity index (χ2v) is 7.68. The summed E-state index contributed by atoms with van der Waals surface area (Å²) in [6.07, 6.45) is 4.74. The fraction of sp³-hybridized carbons (Fsp3) is 0.381. The van der Waals surface area contributed by atoms with E-state index >= 15 is 0 Å². The zero-order chi connectivity index (χ0) is 19.5. The zero-order valence-electron chi connectivity index (χ0n) is 15.4. The number of rotatable bonds is 4. The molecule has 0 aliphatic carbocycles. The summed E-state index contributed by atoms with van der Waals surface area (Å²) in [5.74, 6) is -0.478. The van der Waals surface area contributed by atoms with Crippen LogP contribution in [-0.2, 0) is 16.1 Å². The van der Waals surface area contributed by atoms with E-state index in [9.17, 15) is 9.59 Å². The van der Waals surface area contributed by atoms with Crippen LogP contribution in [0.25, 0.3) is 0 Å². The van der Waals surface area contributed by atoms with Crippen LogP contribution in [0.4, 0.5) is 0 Å². The Morgan fingerprint density at radius 3 is 2.96 bits per heavy atom. The van der Waals surface area contributed by atoms with E-state index in [0.717, 1.165) is 12.0 Å². The number of carbonyl (C=O) groups is 2. The predicted octanol–water partition coefficient (Wildman–Crippen LogP) is 2.67. The number of pyridine rings is 1. The number of ether oxygens (including phenoxy) is 1. The number of hydrogen-bond donors (Lipinski definition) is 1. The minimum Gasteiger partial charge on any atom is -0.376 e. The lowest BCUT2D eigenvalue weighted by Gasteiger charge is -2.40. The van der Waals surface area contributed by atoms with Crippen LogP contribution in [-0.4, -0.2) is 47.0 Å². The molecule has 2 saturated heterocycles. The van der Waals surface area contributed by atoms with Crippen molar-refractivity contribution in [3.8, 4) is 0 Å². The number of likely N-dealkylation sites (tertiary alicyclic amines) is 1. The van der Waals surface area contributed by atoms with E-state index in [1.807, 2.05) is 12.1 Å². The smallest absolute Gasteiger partial charge is 0.254 e. The summed E-state index contributed by atoms with van der Waals surface area (Å²) in [5, 5.41) is 3.48. The van der Waals surface area contributed by atoms with Gasteiger partial charge in [0.05, 0.1) is 18.1 Å². The summed E-state index contributed by atoms with van der Waals surface area (Å²) in [5.41, 5.74) is 1.48. The zero-order valence-corrected chi connectivity index (χ0v) is 16.1. The van der Waals surface area contributed by atoms with Crippen LogP contribution < -0.4 is 5.32 Å². The maximum absolute atomic E-state index is 13.1. The lowest BCUT2D eigenvalue weighted by Crippen LogP contribution is -2.55. The molecule has 0 bridgehead atoms. The van der Waals surface area contributed by atoms with Gasteiger partial charge in [-0.05, 0) is 42.7 Å². The van der Waals surface area contributed by atoms with Crippen LogP contribution in [0.5, 0.6) is 0 Å². The average molecular weight is 400 g/mol. The molecule has 0 radical (unpaired) electrons. The average Bonchev–Trinajstić information content (AvgIpc) is 3.20. The highest BCUT2D eigenvalue weighted by atomic mass is 35.5. The Morgan fingerprint density at radius 2 is 2.18 bits per heavy atom. The van der Waals surface area contributed by atoms with Crippen molar-refractivity contribution in [3.05, 3.63) is 64.9 Å². The van der Waals surface area contributed by atoms with Crippen LogP contribution in [0.15, 0.2) is 48.8 Å². The molecule has 1 aromatic heterocycles. The van der Waals surface area contributed by atoms with Gasteiger partial charge in [-0.3, -0.25) is 14.6 Å². The van der Waals surface area contributed by atoms with E-state index < -0.39 is 0 Å². The minimum absolute atomic E-state index is 0.00820. The fourth-order valence-electron chi connectivity index (χ4n) is 3.99. The lowest BCUT2D eigenvalue weighted by atomic mass is 9.88. The van der Waals surface area contributed by atoms with Crippen LogP contribution in [0.3, 0.4) is 0 Å². The van der Waals surface area contributed by atoms with E-state index in [1.165, 1.54) is 0 Å². The predicted molar refractivity (Wildman–Crippen MR) is 105 cm³/mol. The van der Waals surface area contributed by atoms with Crippen molar-refractivity contribution in [2.45, 2.75) is 31.5 Å². The molecule has 4 rings (SSSR count). The first-order valence-electron chi connectivity index (χ1n) is 9.46. The molecule has 2 aliphatic rings. The first kappa shape index (κ1) is 18.9. The van der Waals surface area contributed by atoms with Gasteiger partial charge in [0.15, 0.2) is 0 Å². The molecule has 0 saturated carbocycles. The second kappa shape index (κ2) is 8.29. The first-order chi connectivity index (χ1) is 13.6. The third-order valence-corrected chi connectivity index (χ3v) is 5.64. The van der Waals surface area contributed by atoms with Crippen molar-refractivity contribution >= 4 is 23.4 Å². The summed E-state index contributed by atoms with van der Waals surface area (Å²) < 4.78 is 5.83. The van der Waals surface area contributed by atoms with Gasteiger partial charge in [-0.15, -0.1) is 0 Å². The van der Waals surface area contributed by atoms with Crippen molar-refractivity contribution in [2.75, 3.05) is 13.2 Å². The normalized spacial score (nSPS) is 23.9. The van der Waals surface area contributed by atoms with E-state index in [2.05, 4.69) is 10.3 Å². The fourth-order valence-corrected chi connectivity index (χ4v) is 4.18. The van der Waals surface area contributed by atoms with Crippen molar-refractivity contribution < 1.29 is 14.3 Å². The van der Waals surface area contributed by atoms with Gasteiger partial charge >= 0.3 is 0 Å². The largest absolute Gasteiger partial charge is 0.376 e. The van der Waals surface area contributed by atoms with Crippen molar-refractivity contribution in [3.63, 3.8) is 0 Å². The molecule has 2 aromatic rings. The Kier molecular flexibility index (Phi) is 5.59. The molecule has 2 aliphatic heterocycles. The van der Waals surface area contributed by atoms with Crippen LogP contribution in [0, 0.1) is 5.92 Å². The van der Waals surface area contributed by atoms with Crippen molar-refractivity contribution in [2.24, 2.45) is 5.92 Å². The first-order valence-corrected chi connectivity index (χ1v) is 9.84. The topological polar surface area (TPSA) is 71.5 Å². The number of fused-ring (bicyclic) bond motifs is 1. The van der Waals surface area contributed by atoms with E-state index in [1.54, 1.807) is 41.6 Å². The molecule has 0 unspecified atom stereocenters. The Bertz CT molecular complexity index is 861. The summed E-state index contributed by atoms with van der Waals surface area (Å²) in [7, 11) is 0. The number of amides is 2. The van der Waals surface area contributed by atoms with Crippen molar-refractivity contribution in [1.29, 1.82) is 0 Å². The Morgan fingerprint density at radius 1 is 1.29 bits per heavy atom. The molecule has 2 fully saturated rings. The van der Waals surface area contributed by atoms with Gasteiger partial charge in [0.25, 0.3) is 5.91 Å². The number of aromatic nitrogens is 1. The number of nitrogens with one attached hydrogen (secondary N) is 1. The van der Waals surface area contributed by atoms with Gasteiger partial charge in [-0.25, -0.2) is 0 Å². The molecule has 7 heteroatoms. The SMILES string of the molecule is O=C(NCc1cccnc1)[C@H]1C[C@H]2OCC[C@H]2N(C(=O)c2cccc(Cl)c2)C1. The quantitative estimate of drug-likeness (QED) is 0.858. The standard InChI is InChI=1S/C21H22ClN3O3/c22-17-5-1-4-15(9-17)21(27)25-13-16(10-19-18(25)6-8-28-19)20(26)24-12-14-3-2-7-23-11-14/h1-5,7,9,11,16,18-19H,6,8,10,12-13H2,(H,24,26)/t16-,18+,19+/m0/s1. The number of nitrogens with zero attached hydrogens (tertiary/aromatic N) is 2. The van der Waals surface area contributed by atoms with Crippen LogP contribution >= 0.6 is 11.6 Å². The molecule has 1 aromatic carbocycles. The third kappa shape index (κ3) is 4.03. The van der Waals surface area contributed by atoms with Gasteiger partial charge in [0, 0.05) is 42.7 Å². The molecule has 0 spiro atoms. The molecule has 146 valence electrons. The monoisotopic (exact) mass is 399 g/mol. The number of carbonyl (C=O) groups excluding carboxylic acids is 2. The number of hydrogen-bond acceptors (Lipinski definition) is 4. The second-order valence-electron chi connectivity index (χ2n) is 7.24. The highest BCUT2D eigenvalue weighted by Crippen LogP contribution is 2.32. The highest BCUT2D eigenvalue weighted by molar-refractivity contribution is 6.30. The Hall–Kier alpha value is -2.44. The van der Waals surface area contributed by atoms with Gasteiger partial charge in [-0.1, -0.05) is 23.7 Å². The molecule has 2 amide bonds. The molecular weight excluding hydrogens is 378 g/mol. The molecule has 28 heavy (non-hydrogen) atoms. The summed E-state index contributed by atoms with van der Waals surface area (Å²) >= 11 is 6.05. The van der Waals surface area contributed by atoms with Gasteiger partial charge in [0.1, 0.15) is 0 Å². The molecular formula is C21H22ClN3O3. The lowest BCUT2D eigenvalue weighted by molar-refractivity contribution is -0.128. The number of benzene rings is 1. The van der Waals surface area contributed by atoms with Crippen LogP contribution in [0.1, 0.15) is 28.8 Å². The Balaban J connectivity index is 1.47. The highest BCUT2D eigenvalue weighted by Gasteiger charge is 2.44. The van der Waals surface area contributed by atoms with E-state index in [4.69, 9.17) is 16.3 Å². The third-order valence-electron chi connectivity index (χ3n) is 5.40. The maximum Gasteiger partial charge on any atom is 0.254 e. The molecule has 1 N–H and O–H groups in total. The molecule has 3 heterocycles. The summed E-state index contributed by atoms with van der Waals surface area (Å²) in [6, 6.07) is 10.7. The van der Waals surface area contributed by atoms with E-state index in [-0.39, 0.29) is 29.9 Å². The van der Waals surface area contributed by atoms with Crippen LogP contribution in [0.2, 0.25) is 5.02 Å². The van der Waals surface area contributed by atoms with Gasteiger partial charge in [-0.2, -0.15) is 0 Å². The van der Waals surface area contributed by atoms with Gasteiger partial charge in [0.2, 0.25) is 5.91 Å². The number of halogens is 1. The minimum atomic E-state index is -0.306. The van der Waals surface area contributed by atoms with E-state index in [0.29, 0.717) is 36.7 Å². The maximum atomic E-state index is 13.1. The summed E-state index contributed by atoms with van der Waals surface area (Å²) in [6.45, 7) is 1.41. The molecule has 3 atom stereocenters.